The standard InChI is InChI=1S/C6H9N3OS.2ClH/c7-9-6(10)2-1-5-3-11-4-8-5;;/h3-4H,1-2,7H2,(H,9,10);2*1H. The van der Waals surface area contributed by atoms with E-state index in [-0.39, 0.29) is 30.7 Å². The molecule has 13 heavy (non-hydrogen) atoms. The summed E-state index contributed by atoms with van der Waals surface area (Å²) in [6, 6.07) is 0. The maximum absolute atomic E-state index is 10.6. The number of hydrogen-bond donors (Lipinski definition) is 2. The third-order valence-electron chi connectivity index (χ3n) is 1.25. The second kappa shape index (κ2) is 8.25. The van der Waals surface area contributed by atoms with Crippen LogP contribution in [0.4, 0.5) is 0 Å². The molecule has 0 unspecified atom stereocenters. The topological polar surface area (TPSA) is 68.0 Å². The van der Waals surface area contributed by atoms with Crippen LogP contribution < -0.4 is 11.3 Å². The molecule has 0 saturated heterocycles. The van der Waals surface area contributed by atoms with Crippen LogP contribution in [0.25, 0.3) is 0 Å². The monoisotopic (exact) mass is 243 g/mol. The van der Waals surface area contributed by atoms with Crippen LogP contribution in [-0.4, -0.2) is 10.9 Å². The minimum atomic E-state index is -0.155. The molecule has 0 fully saturated rings. The molecule has 0 radical (unpaired) electrons. The molecule has 0 aliphatic rings. The average molecular weight is 244 g/mol. The highest BCUT2D eigenvalue weighted by Crippen LogP contribution is 2.03. The first-order chi connectivity index (χ1) is 5.33. The van der Waals surface area contributed by atoms with E-state index in [1.807, 2.05) is 5.38 Å². The normalized spacial score (nSPS) is 8.08. The van der Waals surface area contributed by atoms with Gasteiger partial charge in [0.05, 0.1) is 11.2 Å². The van der Waals surface area contributed by atoms with Crippen LogP contribution in [-0.2, 0) is 11.2 Å². The number of hydrazine groups is 1. The van der Waals surface area contributed by atoms with Crippen LogP contribution in [0.3, 0.4) is 0 Å². The summed E-state index contributed by atoms with van der Waals surface area (Å²) in [6.07, 6.45) is 1.06. The number of halogens is 2. The third kappa shape index (κ3) is 5.81. The predicted octanol–water partition coefficient (Wildman–Crippen LogP) is 0.909. The molecule has 1 aromatic heterocycles. The van der Waals surface area contributed by atoms with E-state index in [9.17, 15) is 4.79 Å². The lowest BCUT2D eigenvalue weighted by atomic mass is 10.2. The Morgan fingerprint density at radius 1 is 1.62 bits per heavy atom. The average Bonchev–Trinajstić information content (AvgIpc) is 2.52. The highest BCUT2D eigenvalue weighted by atomic mass is 35.5. The number of nitrogens with zero attached hydrogens (tertiary/aromatic N) is 1. The number of aryl methyl sites for hydroxylation is 1. The minimum absolute atomic E-state index is 0. The molecule has 1 amide bonds. The van der Waals surface area contributed by atoms with E-state index in [2.05, 4.69) is 10.4 Å². The van der Waals surface area contributed by atoms with E-state index in [0.29, 0.717) is 12.8 Å². The van der Waals surface area contributed by atoms with Gasteiger partial charge in [-0.05, 0) is 6.42 Å². The molecule has 4 nitrogen and oxygen atoms in total. The van der Waals surface area contributed by atoms with Gasteiger partial charge in [-0.1, -0.05) is 0 Å². The summed E-state index contributed by atoms with van der Waals surface area (Å²) >= 11 is 1.52. The van der Waals surface area contributed by atoms with Crippen molar-refractivity contribution in [3.63, 3.8) is 0 Å². The summed E-state index contributed by atoms with van der Waals surface area (Å²) in [6.45, 7) is 0. The van der Waals surface area contributed by atoms with Crippen molar-refractivity contribution in [1.82, 2.24) is 10.4 Å². The summed E-state index contributed by atoms with van der Waals surface area (Å²) in [5.41, 5.74) is 4.75. The van der Waals surface area contributed by atoms with Gasteiger partial charge in [0.15, 0.2) is 0 Å². The number of thiazole rings is 1. The van der Waals surface area contributed by atoms with Crippen LogP contribution >= 0.6 is 36.2 Å². The molecule has 0 spiro atoms. The Morgan fingerprint density at radius 3 is 2.77 bits per heavy atom. The highest BCUT2D eigenvalue weighted by Gasteiger charge is 1.99. The van der Waals surface area contributed by atoms with Gasteiger partial charge in [0.1, 0.15) is 0 Å². The molecular weight excluding hydrogens is 233 g/mol. The lowest BCUT2D eigenvalue weighted by Gasteiger charge is -1.95. The van der Waals surface area contributed by atoms with E-state index < -0.39 is 0 Å². The molecule has 0 saturated carbocycles. The smallest absolute Gasteiger partial charge is 0.234 e. The van der Waals surface area contributed by atoms with Crippen molar-refractivity contribution in [2.45, 2.75) is 12.8 Å². The van der Waals surface area contributed by atoms with Crippen molar-refractivity contribution in [3.8, 4) is 0 Å². The van der Waals surface area contributed by atoms with Crippen LogP contribution in [0, 0.1) is 0 Å². The molecule has 0 aliphatic carbocycles. The Labute approximate surface area is 92.7 Å². The van der Waals surface area contributed by atoms with Gasteiger partial charge in [-0.25, -0.2) is 10.8 Å². The Morgan fingerprint density at radius 2 is 2.31 bits per heavy atom. The van der Waals surface area contributed by atoms with Crippen LogP contribution in [0.5, 0.6) is 0 Å². The second-order valence-electron chi connectivity index (χ2n) is 2.05. The number of amides is 1. The van der Waals surface area contributed by atoms with Crippen molar-refractivity contribution in [1.29, 1.82) is 0 Å². The first kappa shape index (κ1) is 15.1. The molecule has 1 aromatic rings. The van der Waals surface area contributed by atoms with Crippen molar-refractivity contribution < 1.29 is 4.79 Å². The SMILES string of the molecule is Cl.Cl.NNC(=O)CCc1cscn1. The lowest BCUT2D eigenvalue weighted by molar-refractivity contribution is -0.121. The van der Waals surface area contributed by atoms with E-state index in [4.69, 9.17) is 5.84 Å². The summed E-state index contributed by atoms with van der Waals surface area (Å²) in [7, 11) is 0. The van der Waals surface area contributed by atoms with Gasteiger partial charge in [0.2, 0.25) is 5.91 Å². The molecule has 0 bridgehead atoms. The lowest BCUT2D eigenvalue weighted by Crippen LogP contribution is -2.30. The van der Waals surface area contributed by atoms with Crippen LogP contribution in [0.15, 0.2) is 10.9 Å². The van der Waals surface area contributed by atoms with Crippen LogP contribution in [0.1, 0.15) is 12.1 Å². The largest absolute Gasteiger partial charge is 0.294 e. The second-order valence-corrected chi connectivity index (χ2v) is 2.77. The fourth-order valence-corrected chi connectivity index (χ4v) is 1.27. The number of aromatic nitrogens is 1. The van der Waals surface area contributed by atoms with Gasteiger partial charge >= 0.3 is 0 Å². The number of rotatable bonds is 3. The zero-order valence-electron chi connectivity index (χ0n) is 6.73. The number of carbonyl (C=O) groups excluding carboxylic acids is 1. The Kier molecular flexibility index (Phi) is 9.60. The fourth-order valence-electron chi connectivity index (χ4n) is 0.675. The number of carbonyl (C=O) groups is 1. The van der Waals surface area contributed by atoms with Gasteiger partial charge < -0.3 is 0 Å². The number of nitrogens with two attached hydrogens (primary N) is 1. The summed E-state index contributed by atoms with van der Waals surface area (Å²) < 4.78 is 0. The van der Waals surface area contributed by atoms with E-state index in [0.717, 1.165) is 5.69 Å². The minimum Gasteiger partial charge on any atom is -0.294 e. The molecule has 0 atom stereocenters. The van der Waals surface area contributed by atoms with Crippen molar-refractivity contribution in [3.05, 3.63) is 16.6 Å². The van der Waals surface area contributed by atoms with Crippen LogP contribution in [0.2, 0.25) is 0 Å². The van der Waals surface area contributed by atoms with Gasteiger partial charge in [-0.15, -0.1) is 36.2 Å². The van der Waals surface area contributed by atoms with E-state index in [1.54, 1.807) is 5.51 Å². The molecule has 3 N–H and O–H groups in total. The van der Waals surface area contributed by atoms with E-state index >= 15 is 0 Å². The van der Waals surface area contributed by atoms with Crippen molar-refractivity contribution in [2.75, 3.05) is 0 Å². The number of nitrogens with one attached hydrogen (secondary N) is 1. The fraction of sp³-hybridized carbons (Fsp3) is 0.333. The predicted molar refractivity (Wildman–Crippen MR) is 57.3 cm³/mol. The summed E-state index contributed by atoms with van der Waals surface area (Å²) in [5.74, 6) is 4.74. The quantitative estimate of drug-likeness (QED) is 0.471. The molecule has 0 aromatic carbocycles. The molecule has 7 heteroatoms. The van der Waals surface area contributed by atoms with E-state index in [1.165, 1.54) is 11.3 Å². The highest BCUT2D eigenvalue weighted by molar-refractivity contribution is 7.07. The summed E-state index contributed by atoms with van der Waals surface area (Å²) in [4.78, 5) is 14.7. The Hall–Kier alpha value is -0.360. The van der Waals surface area contributed by atoms with Gasteiger partial charge in [-0.2, -0.15) is 0 Å². The van der Waals surface area contributed by atoms with Gasteiger partial charge in [0.25, 0.3) is 0 Å². The van der Waals surface area contributed by atoms with Crippen molar-refractivity contribution >= 4 is 42.1 Å². The first-order valence-electron chi connectivity index (χ1n) is 3.19. The zero-order chi connectivity index (χ0) is 8.10. The maximum atomic E-state index is 10.6. The zero-order valence-corrected chi connectivity index (χ0v) is 9.18. The molecule has 1 heterocycles. The molecule has 0 aliphatic heterocycles. The van der Waals surface area contributed by atoms with Gasteiger partial charge in [0, 0.05) is 11.8 Å². The molecular formula is C6H11Cl2N3OS. The number of hydrogen-bond acceptors (Lipinski definition) is 4. The van der Waals surface area contributed by atoms with Gasteiger partial charge in [-0.3, -0.25) is 10.2 Å². The Bertz CT molecular complexity index is 230. The first-order valence-corrected chi connectivity index (χ1v) is 4.13. The Balaban J connectivity index is 0. The molecule has 76 valence electrons. The molecule has 1 rings (SSSR count). The maximum Gasteiger partial charge on any atom is 0.234 e. The van der Waals surface area contributed by atoms with Crippen molar-refractivity contribution in [2.24, 2.45) is 5.84 Å². The summed E-state index contributed by atoms with van der Waals surface area (Å²) in [5, 5.41) is 1.92. The third-order valence-corrected chi connectivity index (χ3v) is 1.89.